The van der Waals surface area contributed by atoms with E-state index in [1.54, 1.807) is 18.2 Å². The van der Waals surface area contributed by atoms with Gasteiger partial charge in [0.2, 0.25) is 0 Å². The maximum atomic E-state index is 13.6. The number of nitrogens with one attached hydrogen (secondary N) is 1. The standard InChI is InChI=1S/C13H17ClFNS/c1-13(6-3-7-17-13)9-16-8-10-4-2-5-11(14)12(10)15/h2,4-5,16H,3,6-9H2,1H3. The Bertz CT molecular complexity index is 391. The number of rotatable bonds is 4. The third kappa shape index (κ3) is 3.36. The molecular weight excluding hydrogens is 257 g/mol. The second-order valence-electron chi connectivity index (χ2n) is 4.72. The van der Waals surface area contributed by atoms with Gasteiger partial charge < -0.3 is 5.32 Å². The van der Waals surface area contributed by atoms with Crippen LogP contribution >= 0.6 is 23.4 Å². The van der Waals surface area contributed by atoms with E-state index in [4.69, 9.17) is 11.6 Å². The first kappa shape index (κ1) is 13.2. The van der Waals surface area contributed by atoms with Crippen molar-refractivity contribution >= 4 is 23.4 Å². The minimum Gasteiger partial charge on any atom is -0.311 e. The first-order valence-corrected chi connectivity index (χ1v) is 7.25. The molecule has 1 N–H and O–H groups in total. The van der Waals surface area contributed by atoms with Crippen LogP contribution in [0.15, 0.2) is 18.2 Å². The van der Waals surface area contributed by atoms with Gasteiger partial charge in [0.25, 0.3) is 0 Å². The van der Waals surface area contributed by atoms with Crippen LogP contribution in [-0.2, 0) is 6.54 Å². The summed E-state index contributed by atoms with van der Waals surface area (Å²) in [5.41, 5.74) is 0.643. The van der Waals surface area contributed by atoms with E-state index < -0.39 is 0 Å². The van der Waals surface area contributed by atoms with Gasteiger partial charge in [-0.3, -0.25) is 0 Å². The minimum atomic E-state index is -0.300. The summed E-state index contributed by atoms with van der Waals surface area (Å²) >= 11 is 7.75. The van der Waals surface area contributed by atoms with Crippen LogP contribution in [0.2, 0.25) is 5.02 Å². The summed E-state index contributed by atoms with van der Waals surface area (Å²) in [4.78, 5) is 0. The molecular formula is C13H17ClFNS. The highest BCUT2D eigenvalue weighted by Crippen LogP contribution is 2.37. The molecule has 1 fully saturated rings. The van der Waals surface area contributed by atoms with E-state index >= 15 is 0 Å². The Labute approximate surface area is 111 Å². The van der Waals surface area contributed by atoms with Crippen molar-refractivity contribution in [3.63, 3.8) is 0 Å². The number of thioether (sulfide) groups is 1. The molecule has 2 rings (SSSR count). The van der Waals surface area contributed by atoms with Crippen molar-refractivity contribution < 1.29 is 4.39 Å². The van der Waals surface area contributed by atoms with Gasteiger partial charge in [0.15, 0.2) is 0 Å². The lowest BCUT2D eigenvalue weighted by Gasteiger charge is -2.23. The van der Waals surface area contributed by atoms with Crippen LogP contribution < -0.4 is 5.32 Å². The molecule has 0 bridgehead atoms. The Morgan fingerprint density at radius 1 is 1.53 bits per heavy atom. The van der Waals surface area contributed by atoms with Gasteiger partial charge in [-0.05, 0) is 31.6 Å². The molecule has 1 aromatic carbocycles. The zero-order chi connectivity index (χ0) is 12.3. The van der Waals surface area contributed by atoms with E-state index in [0.29, 0.717) is 16.9 Å². The molecule has 17 heavy (non-hydrogen) atoms. The normalized spacial score (nSPS) is 24.2. The number of halogens is 2. The number of hydrogen-bond acceptors (Lipinski definition) is 2. The average Bonchev–Trinajstić information content (AvgIpc) is 2.72. The molecule has 1 aliphatic heterocycles. The Morgan fingerprint density at radius 3 is 3.06 bits per heavy atom. The van der Waals surface area contributed by atoms with Crippen LogP contribution in [0.3, 0.4) is 0 Å². The van der Waals surface area contributed by atoms with Gasteiger partial charge in [0, 0.05) is 23.4 Å². The summed E-state index contributed by atoms with van der Waals surface area (Å²) in [6.07, 6.45) is 2.52. The molecule has 1 nitrogen and oxygen atoms in total. The molecule has 0 radical (unpaired) electrons. The van der Waals surface area contributed by atoms with E-state index in [2.05, 4.69) is 12.2 Å². The van der Waals surface area contributed by atoms with Gasteiger partial charge in [-0.2, -0.15) is 11.8 Å². The fourth-order valence-corrected chi connectivity index (χ4v) is 3.59. The SMILES string of the molecule is CC1(CNCc2cccc(Cl)c2F)CCCS1. The number of benzene rings is 1. The Hall–Kier alpha value is -0.250. The smallest absolute Gasteiger partial charge is 0.146 e. The highest BCUT2D eigenvalue weighted by atomic mass is 35.5. The summed E-state index contributed by atoms with van der Waals surface area (Å²) in [5, 5.41) is 3.53. The average molecular weight is 274 g/mol. The molecule has 1 heterocycles. The lowest BCUT2D eigenvalue weighted by Crippen LogP contribution is -2.32. The van der Waals surface area contributed by atoms with E-state index in [1.165, 1.54) is 18.6 Å². The molecule has 1 atom stereocenters. The van der Waals surface area contributed by atoms with Gasteiger partial charge in [-0.15, -0.1) is 0 Å². The van der Waals surface area contributed by atoms with Crippen LogP contribution in [0.25, 0.3) is 0 Å². The van der Waals surface area contributed by atoms with Gasteiger partial charge in [-0.25, -0.2) is 4.39 Å². The fourth-order valence-electron chi connectivity index (χ4n) is 2.12. The van der Waals surface area contributed by atoms with Crippen molar-refractivity contribution in [2.75, 3.05) is 12.3 Å². The molecule has 1 aromatic rings. The maximum Gasteiger partial charge on any atom is 0.146 e. The molecule has 1 unspecified atom stereocenters. The van der Waals surface area contributed by atoms with E-state index in [0.717, 1.165) is 6.54 Å². The third-order valence-corrected chi connectivity index (χ3v) is 4.98. The Morgan fingerprint density at radius 2 is 2.35 bits per heavy atom. The number of hydrogen-bond donors (Lipinski definition) is 1. The van der Waals surface area contributed by atoms with Gasteiger partial charge in [-0.1, -0.05) is 23.7 Å². The molecule has 0 spiro atoms. The van der Waals surface area contributed by atoms with Crippen LogP contribution in [-0.4, -0.2) is 17.0 Å². The highest BCUT2D eigenvalue weighted by molar-refractivity contribution is 8.00. The lowest BCUT2D eigenvalue weighted by atomic mass is 10.1. The van der Waals surface area contributed by atoms with Gasteiger partial charge >= 0.3 is 0 Å². The molecule has 0 aromatic heterocycles. The predicted molar refractivity (Wildman–Crippen MR) is 73.2 cm³/mol. The van der Waals surface area contributed by atoms with Crippen molar-refractivity contribution in [3.05, 3.63) is 34.6 Å². The predicted octanol–water partition coefficient (Wildman–Crippen LogP) is 3.85. The summed E-state index contributed by atoms with van der Waals surface area (Å²) in [7, 11) is 0. The van der Waals surface area contributed by atoms with Gasteiger partial charge in [0.1, 0.15) is 5.82 Å². The second kappa shape index (κ2) is 5.59. The van der Waals surface area contributed by atoms with Crippen molar-refractivity contribution in [3.8, 4) is 0 Å². The Kier molecular flexibility index (Phi) is 4.34. The van der Waals surface area contributed by atoms with Crippen LogP contribution in [0.4, 0.5) is 4.39 Å². The topological polar surface area (TPSA) is 12.0 Å². The van der Waals surface area contributed by atoms with E-state index in [-0.39, 0.29) is 10.8 Å². The van der Waals surface area contributed by atoms with Crippen LogP contribution in [0.1, 0.15) is 25.3 Å². The molecule has 0 saturated carbocycles. The molecule has 1 saturated heterocycles. The maximum absolute atomic E-state index is 13.6. The van der Waals surface area contributed by atoms with Crippen molar-refractivity contribution in [2.45, 2.75) is 31.1 Å². The summed E-state index contributed by atoms with van der Waals surface area (Å²) in [6.45, 7) is 3.73. The molecule has 1 aliphatic rings. The summed E-state index contributed by atoms with van der Waals surface area (Å²) < 4.78 is 13.9. The van der Waals surface area contributed by atoms with Crippen molar-refractivity contribution in [2.24, 2.45) is 0 Å². The van der Waals surface area contributed by atoms with E-state index in [9.17, 15) is 4.39 Å². The van der Waals surface area contributed by atoms with E-state index in [1.807, 2.05) is 11.8 Å². The molecule has 94 valence electrons. The first-order valence-electron chi connectivity index (χ1n) is 5.88. The van der Waals surface area contributed by atoms with Crippen molar-refractivity contribution in [1.82, 2.24) is 5.32 Å². The zero-order valence-electron chi connectivity index (χ0n) is 9.93. The fraction of sp³-hybridized carbons (Fsp3) is 0.538. The largest absolute Gasteiger partial charge is 0.311 e. The quantitative estimate of drug-likeness (QED) is 0.894. The zero-order valence-corrected chi connectivity index (χ0v) is 11.5. The van der Waals surface area contributed by atoms with Gasteiger partial charge in [0.05, 0.1) is 5.02 Å². The second-order valence-corrected chi connectivity index (χ2v) is 6.81. The molecule has 0 amide bonds. The molecule has 0 aliphatic carbocycles. The third-order valence-electron chi connectivity index (χ3n) is 3.15. The highest BCUT2D eigenvalue weighted by Gasteiger charge is 2.28. The molecule has 4 heteroatoms. The van der Waals surface area contributed by atoms with Crippen molar-refractivity contribution in [1.29, 1.82) is 0 Å². The summed E-state index contributed by atoms with van der Waals surface area (Å²) in [5.74, 6) is 0.940. The van der Waals surface area contributed by atoms with Crippen LogP contribution in [0, 0.1) is 5.82 Å². The first-order chi connectivity index (χ1) is 8.11. The van der Waals surface area contributed by atoms with Crippen LogP contribution in [0.5, 0.6) is 0 Å². The monoisotopic (exact) mass is 273 g/mol. The minimum absolute atomic E-state index is 0.200. The summed E-state index contributed by atoms with van der Waals surface area (Å²) in [6, 6.07) is 5.14. The lowest BCUT2D eigenvalue weighted by molar-refractivity contribution is 0.525. The Balaban J connectivity index is 1.88.